The number of hydrogen-bond acceptors (Lipinski definition) is 6. The molecular weight excluding hydrogens is 521 g/mol. The zero-order valence-corrected chi connectivity index (χ0v) is 23.9. The Morgan fingerprint density at radius 2 is 1.89 bits per heavy atom. The second-order valence-electron chi connectivity index (χ2n) is 9.74. The highest BCUT2D eigenvalue weighted by Crippen LogP contribution is 2.36. The molecule has 0 spiro atoms. The van der Waals surface area contributed by atoms with Gasteiger partial charge in [-0.3, -0.25) is 9.36 Å². The van der Waals surface area contributed by atoms with Gasteiger partial charge in [-0.2, -0.15) is 4.98 Å². The predicted molar refractivity (Wildman–Crippen MR) is 158 cm³/mol. The van der Waals surface area contributed by atoms with Gasteiger partial charge in [0, 0.05) is 46.0 Å². The van der Waals surface area contributed by atoms with Crippen LogP contribution in [0, 0.1) is 5.92 Å². The summed E-state index contributed by atoms with van der Waals surface area (Å²) in [6.45, 7) is 12.5. The van der Waals surface area contributed by atoms with Crippen molar-refractivity contribution in [3.63, 3.8) is 0 Å². The Kier molecular flexibility index (Phi) is 9.47. The summed E-state index contributed by atoms with van der Waals surface area (Å²) in [5.74, 6) is 1.45. The Bertz CT molecular complexity index is 1390. The van der Waals surface area contributed by atoms with E-state index in [2.05, 4.69) is 42.9 Å². The van der Waals surface area contributed by atoms with E-state index < -0.39 is 0 Å². The smallest absolute Gasteiger partial charge is 0.260 e. The number of nitrogens with zero attached hydrogens (tertiary/aromatic N) is 4. The van der Waals surface area contributed by atoms with E-state index in [0.29, 0.717) is 52.4 Å². The Labute approximate surface area is 234 Å². The Hall–Kier alpha value is -2.87. The van der Waals surface area contributed by atoms with Crippen molar-refractivity contribution in [3.8, 4) is 5.75 Å². The maximum absolute atomic E-state index is 13.7. The molecule has 0 fully saturated rings. The molecule has 1 aliphatic rings. The van der Waals surface area contributed by atoms with Crippen molar-refractivity contribution in [2.75, 3.05) is 31.6 Å². The maximum Gasteiger partial charge on any atom is 0.260 e. The molecule has 0 radical (unpaired) electrons. The van der Waals surface area contributed by atoms with Gasteiger partial charge in [0.25, 0.3) is 5.56 Å². The molecule has 3 aromatic rings. The molecule has 202 valence electrons. The minimum absolute atomic E-state index is 0.163. The number of pyridine rings is 1. The summed E-state index contributed by atoms with van der Waals surface area (Å²) in [6.07, 6.45) is 5.05. The number of hydrogen-bond donors (Lipinski definition) is 1. The fourth-order valence-electron chi connectivity index (χ4n) is 4.49. The van der Waals surface area contributed by atoms with Gasteiger partial charge in [-0.25, -0.2) is 4.98 Å². The van der Waals surface area contributed by atoms with Gasteiger partial charge < -0.3 is 15.0 Å². The molecule has 0 amide bonds. The van der Waals surface area contributed by atoms with E-state index in [9.17, 15) is 4.79 Å². The number of ether oxygens (including phenoxy) is 1. The summed E-state index contributed by atoms with van der Waals surface area (Å²) >= 11 is 13.0. The van der Waals surface area contributed by atoms with Gasteiger partial charge in [-0.05, 0) is 62.2 Å². The van der Waals surface area contributed by atoms with Gasteiger partial charge in [0.05, 0.1) is 5.56 Å². The minimum Gasteiger partial charge on any atom is -0.492 e. The fraction of sp³-hybridized carbons (Fsp3) is 0.414. The van der Waals surface area contributed by atoms with Gasteiger partial charge in [-0.15, -0.1) is 0 Å². The van der Waals surface area contributed by atoms with Crippen molar-refractivity contribution in [1.82, 2.24) is 19.4 Å². The molecule has 0 saturated carbocycles. The summed E-state index contributed by atoms with van der Waals surface area (Å²) < 4.78 is 7.58. The standard InChI is InChI=1S/C29H35Cl2N5O2/c1-5-35(6-2)14-15-38-22-12-10-21(11-13-22)33-29-32-17-20-16-23(26-24(30)8-7-9-25(26)31)28(37)36(18-19(3)4)27(20)34-29/h8,10-13,16-17,19H,5-7,9,14-15,18H2,1-4H3,(H,32,33,34). The molecule has 1 aliphatic carbocycles. The molecule has 7 nitrogen and oxygen atoms in total. The number of halogens is 2. The highest BCUT2D eigenvalue weighted by atomic mass is 35.5. The van der Waals surface area contributed by atoms with Gasteiger partial charge >= 0.3 is 0 Å². The highest BCUT2D eigenvalue weighted by Gasteiger charge is 2.22. The van der Waals surface area contributed by atoms with E-state index in [4.69, 9.17) is 32.9 Å². The molecule has 4 rings (SSSR count). The van der Waals surface area contributed by atoms with Crippen LogP contribution >= 0.6 is 23.2 Å². The van der Waals surface area contributed by atoms with E-state index >= 15 is 0 Å². The number of nitrogens with one attached hydrogen (secondary N) is 1. The number of fused-ring (bicyclic) bond motifs is 1. The molecule has 2 aromatic heterocycles. The van der Waals surface area contributed by atoms with E-state index in [1.165, 1.54) is 0 Å². The van der Waals surface area contributed by atoms with Crippen LogP contribution in [0.1, 0.15) is 46.1 Å². The van der Waals surface area contributed by atoms with Crippen molar-refractivity contribution < 1.29 is 4.74 Å². The van der Waals surface area contributed by atoms with Crippen LogP contribution < -0.4 is 15.6 Å². The topological polar surface area (TPSA) is 72.3 Å². The van der Waals surface area contributed by atoms with Crippen molar-refractivity contribution in [2.24, 2.45) is 5.92 Å². The molecule has 0 atom stereocenters. The van der Waals surface area contributed by atoms with Crippen molar-refractivity contribution in [1.29, 1.82) is 0 Å². The van der Waals surface area contributed by atoms with Crippen LogP contribution in [0.3, 0.4) is 0 Å². The first-order valence-electron chi connectivity index (χ1n) is 13.2. The lowest BCUT2D eigenvalue weighted by Gasteiger charge is -2.18. The number of allylic oxidation sites excluding steroid dienone is 4. The third-order valence-corrected chi connectivity index (χ3v) is 7.24. The summed E-state index contributed by atoms with van der Waals surface area (Å²) in [5, 5.41) is 5.10. The van der Waals surface area contributed by atoms with Gasteiger partial charge in [0.15, 0.2) is 0 Å². The minimum atomic E-state index is -0.163. The van der Waals surface area contributed by atoms with E-state index in [1.54, 1.807) is 16.8 Å². The van der Waals surface area contributed by atoms with Crippen molar-refractivity contribution in [2.45, 2.75) is 47.1 Å². The highest BCUT2D eigenvalue weighted by molar-refractivity contribution is 6.42. The van der Waals surface area contributed by atoms with Crippen LogP contribution in [0.15, 0.2) is 57.5 Å². The van der Waals surface area contributed by atoms with E-state index in [1.807, 2.05) is 30.3 Å². The van der Waals surface area contributed by atoms with Crippen LogP contribution in [0.25, 0.3) is 16.6 Å². The van der Waals surface area contributed by atoms with Gasteiger partial charge in [0.1, 0.15) is 18.0 Å². The first-order valence-corrected chi connectivity index (χ1v) is 13.9. The largest absolute Gasteiger partial charge is 0.492 e. The van der Waals surface area contributed by atoms with Crippen molar-refractivity contribution >= 4 is 51.4 Å². The number of rotatable bonds is 11. The maximum atomic E-state index is 13.7. The lowest BCUT2D eigenvalue weighted by atomic mass is 9.99. The monoisotopic (exact) mass is 555 g/mol. The fourth-order valence-corrected chi connectivity index (χ4v) is 5.17. The summed E-state index contributed by atoms with van der Waals surface area (Å²) in [5.41, 5.74) is 2.30. The van der Waals surface area contributed by atoms with Gasteiger partial charge in [0.2, 0.25) is 5.95 Å². The number of likely N-dealkylation sites (N-methyl/N-ethyl adjacent to an activating group) is 1. The summed E-state index contributed by atoms with van der Waals surface area (Å²) in [4.78, 5) is 25.2. The van der Waals surface area contributed by atoms with Gasteiger partial charge in [-0.1, -0.05) is 57.0 Å². The Morgan fingerprint density at radius 1 is 1.16 bits per heavy atom. The molecule has 0 saturated heterocycles. The van der Waals surface area contributed by atoms with E-state index in [0.717, 1.165) is 42.9 Å². The average Bonchev–Trinajstić information content (AvgIpc) is 2.90. The first kappa shape index (κ1) is 28.1. The third kappa shape index (κ3) is 6.57. The molecule has 0 aliphatic heterocycles. The lowest BCUT2D eigenvalue weighted by Crippen LogP contribution is -2.27. The van der Waals surface area contributed by atoms with Crippen molar-refractivity contribution in [3.05, 3.63) is 68.6 Å². The molecule has 0 bridgehead atoms. The first-order chi connectivity index (χ1) is 18.3. The molecule has 9 heteroatoms. The average molecular weight is 557 g/mol. The number of anilines is 2. The normalized spacial score (nSPS) is 13.9. The predicted octanol–water partition coefficient (Wildman–Crippen LogP) is 6.78. The number of aromatic nitrogens is 3. The Morgan fingerprint density at radius 3 is 2.55 bits per heavy atom. The molecule has 1 N–H and O–H groups in total. The molecular formula is C29H35Cl2N5O2. The van der Waals surface area contributed by atoms with Crippen LogP contribution in [-0.4, -0.2) is 45.7 Å². The third-order valence-electron chi connectivity index (χ3n) is 6.52. The van der Waals surface area contributed by atoms with Crippen LogP contribution in [-0.2, 0) is 6.54 Å². The second kappa shape index (κ2) is 12.8. The van der Waals surface area contributed by atoms with Crippen LogP contribution in [0.2, 0.25) is 0 Å². The second-order valence-corrected chi connectivity index (χ2v) is 10.6. The van der Waals surface area contributed by atoms with Crippen LogP contribution in [0.4, 0.5) is 11.6 Å². The number of benzene rings is 1. The lowest BCUT2D eigenvalue weighted by molar-refractivity contribution is 0.223. The Balaban J connectivity index is 1.60. The van der Waals surface area contributed by atoms with Crippen LogP contribution in [0.5, 0.6) is 5.75 Å². The van der Waals surface area contributed by atoms with E-state index in [-0.39, 0.29) is 11.5 Å². The SMILES string of the molecule is CCN(CC)CCOc1ccc(Nc2ncc3cc(C4=C(Cl)CCC=C4Cl)c(=O)n(CC(C)C)c3n2)cc1. The molecule has 0 unspecified atom stereocenters. The summed E-state index contributed by atoms with van der Waals surface area (Å²) in [7, 11) is 0. The zero-order chi connectivity index (χ0) is 27.2. The quantitative estimate of drug-likeness (QED) is 0.281. The molecule has 2 heterocycles. The molecule has 38 heavy (non-hydrogen) atoms. The zero-order valence-electron chi connectivity index (χ0n) is 22.4. The summed E-state index contributed by atoms with van der Waals surface area (Å²) in [6, 6.07) is 9.49. The molecule has 1 aromatic carbocycles.